The summed E-state index contributed by atoms with van der Waals surface area (Å²) in [5.41, 5.74) is 8.25. The lowest BCUT2D eigenvalue weighted by molar-refractivity contribution is 0.468. The molecule has 1 heterocycles. The quantitative estimate of drug-likeness (QED) is 0.917. The second-order valence-electron chi connectivity index (χ2n) is 5.22. The van der Waals surface area contributed by atoms with Crippen LogP contribution in [0.25, 0.3) is 0 Å². The number of halogens is 1. The van der Waals surface area contributed by atoms with Gasteiger partial charge in [0.05, 0.1) is 18.1 Å². The second kappa shape index (κ2) is 5.53. The fourth-order valence-corrected chi connectivity index (χ4v) is 2.14. The number of benzene rings is 1. The SMILES string of the molecule is CC(C)C(N)c1cncn1C(C)c1ccc(F)cc1. The van der Waals surface area contributed by atoms with Crippen LogP contribution >= 0.6 is 0 Å². The average Bonchev–Trinajstić information content (AvgIpc) is 2.86. The van der Waals surface area contributed by atoms with Gasteiger partial charge in [0.1, 0.15) is 5.82 Å². The summed E-state index contributed by atoms with van der Waals surface area (Å²) in [6.07, 6.45) is 3.59. The fourth-order valence-electron chi connectivity index (χ4n) is 2.14. The number of hydrogen-bond donors (Lipinski definition) is 1. The maximum Gasteiger partial charge on any atom is 0.123 e. The molecular formula is C15H20FN3. The Balaban J connectivity index is 2.32. The number of hydrogen-bond acceptors (Lipinski definition) is 2. The van der Waals surface area contributed by atoms with Gasteiger partial charge in [0, 0.05) is 12.2 Å². The summed E-state index contributed by atoms with van der Waals surface area (Å²) < 4.78 is 15.0. The van der Waals surface area contributed by atoms with Gasteiger partial charge < -0.3 is 10.3 Å². The van der Waals surface area contributed by atoms with Crippen molar-refractivity contribution in [2.75, 3.05) is 0 Å². The van der Waals surface area contributed by atoms with Crippen LogP contribution in [-0.4, -0.2) is 9.55 Å². The molecule has 2 atom stereocenters. The lowest BCUT2D eigenvalue weighted by Gasteiger charge is -2.22. The highest BCUT2D eigenvalue weighted by Gasteiger charge is 2.18. The van der Waals surface area contributed by atoms with Crippen LogP contribution in [0.2, 0.25) is 0 Å². The van der Waals surface area contributed by atoms with Crippen molar-refractivity contribution in [3.8, 4) is 0 Å². The van der Waals surface area contributed by atoms with Gasteiger partial charge in [-0.1, -0.05) is 26.0 Å². The predicted octanol–water partition coefficient (Wildman–Crippen LogP) is 3.29. The van der Waals surface area contributed by atoms with E-state index in [9.17, 15) is 4.39 Å². The summed E-state index contributed by atoms with van der Waals surface area (Å²) >= 11 is 0. The van der Waals surface area contributed by atoms with Crippen molar-refractivity contribution in [2.45, 2.75) is 32.9 Å². The lowest BCUT2D eigenvalue weighted by Crippen LogP contribution is -2.22. The van der Waals surface area contributed by atoms with Crippen LogP contribution in [0.3, 0.4) is 0 Å². The molecule has 102 valence electrons. The number of rotatable bonds is 4. The molecule has 3 nitrogen and oxygen atoms in total. The molecule has 2 N–H and O–H groups in total. The topological polar surface area (TPSA) is 43.8 Å². The maximum atomic E-state index is 13.0. The van der Waals surface area contributed by atoms with Gasteiger partial charge in [0.25, 0.3) is 0 Å². The summed E-state index contributed by atoms with van der Waals surface area (Å²) in [6.45, 7) is 6.24. The minimum Gasteiger partial charge on any atom is -0.326 e. The van der Waals surface area contributed by atoms with Crippen molar-refractivity contribution in [1.82, 2.24) is 9.55 Å². The second-order valence-corrected chi connectivity index (χ2v) is 5.22. The van der Waals surface area contributed by atoms with Crippen LogP contribution in [0.15, 0.2) is 36.8 Å². The molecule has 0 spiro atoms. The Morgan fingerprint density at radius 3 is 2.37 bits per heavy atom. The Labute approximate surface area is 113 Å². The zero-order valence-electron chi connectivity index (χ0n) is 11.5. The summed E-state index contributed by atoms with van der Waals surface area (Å²) in [6, 6.07) is 6.58. The molecule has 19 heavy (non-hydrogen) atoms. The van der Waals surface area contributed by atoms with Crippen molar-refractivity contribution >= 4 is 0 Å². The van der Waals surface area contributed by atoms with Crippen molar-refractivity contribution in [3.63, 3.8) is 0 Å². The largest absolute Gasteiger partial charge is 0.326 e. The molecule has 0 saturated carbocycles. The van der Waals surface area contributed by atoms with E-state index in [4.69, 9.17) is 5.73 Å². The highest BCUT2D eigenvalue weighted by Crippen LogP contribution is 2.25. The van der Waals surface area contributed by atoms with Crippen molar-refractivity contribution in [1.29, 1.82) is 0 Å². The van der Waals surface area contributed by atoms with Crippen molar-refractivity contribution in [2.24, 2.45) is 11.7 Å². The zero-order valence-corrected chi connectivity index (χ0v) is 11.5. The predicted molar refractivity (Wildman–Crippen MR) is 74.2 cm³/mol. The molecule has 2 rings (SSSR count). The number of nitrogens with zero attached hydrogens (tertiary/aromatic N) is 2. The molecule has 1 aromatic carbocycles. The van der Waals surface area contributed by atoms with E-state index in [1.165, 1.54) is 12.1 Å². The molecule has 2 aromatic rings. The molecule has 0 aliphatic carbocycles. The molecule has 0 saturated heterocycles. The Kier molecular flexibility index (Phi) is 4.00. The number of imidazole rings is 1. The first-order valence-electron chi connectivity index (χ1n) is 6.53. The van der Waals surface area contributed by atoms with Gasteiger partial charge in [-0.3, -0.25) is 0 Å². The number of aromatic nitrogens is 2. The summed E-state index contributed by atoms with van der Waals surface area (Å²) in [5, 5.41) is 0. The van der Waals surface area contributed by atoms with E-state index in [1.54, 1.807) is 18.5 Å². The molecule has 1 aromatic heterocycles. The summed E-state index contributed by atoms with van der Waals surface area (Å²) in [4.78, 5) is 4.20. The van der Waals surface area contributed by atoms with Crippen molar-refractivity contribution < 1.29 is 4.39 Å². The van der Waals surface area contributed by atoms with E-state index in [0.717, 1.165) is 11.3 Å². The monoisotopic (exact) mass is 261 g/mol. The molecule has 2 unspecified atom stereocenters. The van der Waals surface area contributed by atoms with Gasteiger partial charge in [-0.2, -0.15) is 0 Å². The summed E-state index contributed by atoms with van der Waals surface area (Å²) in [5.74, 6) is 0.122. The van der Waals surface area contributed by atoms with Gasteiger partial charge in [0.15, 0.2) is 0 Å². The van der Waals surface area contributed by atoms with Crippen LogP contribution in [0.1, 0.15) is 44.1 Å². The smallest absolute Gasteiger partial charge is 0.123 e. The third kappa shape index (κ3) is 2.84. The Bertz CT molecular complexity index is 531. The van der Waals surface area contributed by atoms with E-state index >= 15 is 0 Å². The van der Waals surface area contributed by atoms with Crippen LogP contribution < -0.4 is 5.73 Å². The molecule has 0 radical (unpaired) electrons. The first kappa shape index (κ1) is 13.7. The summed E-state index contributed by atoms with van der Waals surface area (Å²) in [7, 11) is 0. The Morgan fingerprint density at radius 1 is 1.16 bits per heavy atom. The van der Waals surface area contributed by atoms with Gasteiger partial charge in [-0.05, 0) is 30.5 Å². The van der Waals surface area contributed by atoms with Gasteiger partial charge in [-0.15, -0.1) is 0 Å². The maximum absolute atomic E-state index is 13.0. The molecule has 0 aliphatic rings. The minimum atomic E-state index is -0.222. The number of nitrogens with two attached hydrogens (primary N) is 1. The van der Waals surface area contributed by atoms with E-state index in [2.05, 4.69) is 30.3 Å². The first-order chi connectivity index (χ1) is 9.00. The van der Waals surface area contributed by atoms with Gasteiger partial charge in [-0.25, -0.2) is 9.37 Å². The normalized spacial score (nSPS) is 14.6. The van der Waals surface area contributed by atoms with Gasteiger partial charge in [0.2, 0.25) is 0 Å². The van der Waals surface area contributed by atoms with Crippen LogP contribution in [0.4, 0.5) is 4.39 Å². The minimum absolute atomic E-state index is 0.0506. The highest BCUT2D eigenvalue weighted by molar-refractivity contribution is 5.22. The molecular weight excluding hydrogens is 241 g/mol. The molecule has 4 heteroatoms. The molecule has 0 fully saturated rings. The van der Waals surface area contributed by atoms with E-state index in [1.807, 2.05) is 6.20 Å². The molecule has 0 aliphatic heterocycles. The Hall–Kier alpha value is -1.68. The third-order valence-electron chi connectivity index (χ3n) is 3.53. The van der Waals surface area contributed by atoms with Crippen LogP contribution in [0.5, 0.6) is 0 Å². The molecule has 0 amide bonds. The van der Waals surface area contributed by atoms with Crippen molar-refractivity contribution in [3.05, 3.63) is 53.9 Å². The van der Waals surface area contributed by atoms with Crippen LogP contribution in [-0.2, 0) is 0 Å². The van der Waals surface area contributed by atoms with Crippen LogP contribution in [0, 0.1) is 11.7 Å². The highest BCUT2D eigenvalue weighted by atomic mass is 19.1. The molecule has 0 bridgehead atoms. The van der Waals surface area contributed by atoms with Gasteiger partial charge >= 0.3 is 0 Å². The van der Waals surface area contributed by atoms with E-state index in [-0.39, 0.29) is 17.9 Å². The Morgan fingerprint density at radius 2 is 1.79 bits per heavy atom. The van der Waals surface area contributed by atoms with E-state index < -0.39 is 0 Å². The fraction of sp³-hybridized carbons (Fsp3) is 0.400. The third-order valence-corrected chi connectivity index (χ3v) is 3.53. The first-order valence-corrected chi connectivity index (χ1v) is 6.53. The standard InChI is InChI=1S/C15H20FN3/c1-10(2)15(17)14-8-18-9-19(14)11(3)12-4-6-13(16)7-5-12/h4-11,15H,17H2,1-3H3. The zero-order chi connectivity index (χ0) is 14.0. The van der Waals surface area contributed by atoms with E-state index in [0.29, 0.717) is 5.92 Å². The average molecular weight is 261 g/mol. The lowest BCUT2D eigenvalue weighted by atomic mass is 10.0.